The van der Waals surface area contributed by atoms with Crippen LogP contribution in [0.5, 0.6) is 17.2 Å². The minimum absolute atomic E-state index is 0.0984. The Morgan fingerprint density at radius 2 is 1.97 bits per heavy atom. The third-order valence-electron chi connectivity index (χ3n) is 4.73. The molecule has 3 aromatic rings. The van der Waals surface area contributed by atoms with Crippen LogP contribution in [0.4, 0.5) is 17.6 Å². The predicted molar refractivity (Wildman–Crippen MR) is 117 cm³/mol. The SMILES string of the molecule is C=Cc1cc(C#N)c(Cl)c(Oc2c(C(F)(F)C(F)F)ncn(Cc3ccc(OC)cc3)c2=O)c1. The van der Waals surface area contributed by atoms with Crippen LogP contribution >= 0.6 is 11.6 Å². The summed E-state index contributed by atoms with van der Waals surface area (Å²) in [6, 6.07) is 10.8. The number of hydrogen-bond donors (Lipinski definition) is 0. The molecule has 0 fully saturated rings. The maximum atomic E-state index is 14.3. The first-order valence-electron chi connectivity index (χ1n) is 9.55. The van der Waals surface area contributed by atoms with Crippen molar-refractivity contribution in [1.82, 2.24) is 9.55 Å². The smallest absolute Gasteiger partial charge is 0.352 e. The van der Waals surface area contributed by atoms with Crippen LogP contribution in [0.15, 0.2) is 54.1 Å². The maximum absolute atomic E-state index is 14.3. The lowest BCUT2D eigenvalue weighted by Gasteiger charge is -2.19. The van der Waals surface area contributed by atoms with Crippen LogP contribution in [0, 0.1) is 11.3 Å². The van der Waals surface area contributed by atoms with Crippen molar-refractivity contribution in [3.05, 3.63) is 87.1 Å². The van der Waals surface area contributed by atoms with Crippen LogP contribution in [0.3, 0.4) is 0 Å². The highest BCUT2D eigenvalue weighted by molar-refractivity contribution is 6.33. The van der Waals surface area contributed by atoms with Gasteiger partial charge in [-0.05, 0) is 35.4 Å². The van der Waals surface area contributed by atoms with E-state index in [0.717, 1.165) is 10.9 Å². The fourth-order valence-corrected chi connectivity index (χ4v) is 3.14. The van der Waals surface area contributed by atoms with Crippen molar-refractivity contribution in [3.63, 3.8) is 0 Å². The Morgan fingerprint density at radius 3 is 2.53 bits per heavy atom. The number of aromatic nitrogens is 2. The van der Waals surface area contributed by atoms with E-state index in [1.807, 2.05) is 0 Å². The molecule has 0 bridgehead atoms. The Bertz CT molecular complexity index is 1320. The highest BCUT2D eigenvalue weighted by Crippen LogP contribution is 2.40. The average molecular weight is 494 g/mol. The maximum Gasteiger partial charge on any atom is 0.352 e. The summed E-state index contributed by atoms with van der Waals surface area (Å²) in [4.78, 5) is 16.5. The zero-order chi connectivity index (χ0) is 25.0. The van der Waals surface area contributed by atoms with Gasteiger partial charge >= 0.3 is 12.3 Å². The highest BCUT2D eigenvalue weighted by Gasteiger charge is 2.48. The van der Waals surface area contributed by atoms with Gasteiger partial charge in [-0.3, -0.25) is 9.36 Å². The molecule has 0 saturated carbocycles. The molecular weight excluding hydrogens is 478 g/mol. The molecule has 0 aliphatic rings. The topological polar surface area (TPSA) is 77.1 Å². The molecule has 0 radical (unpaired) electrons. The van der Waals surface area contributed by atoms with Gasteiger partial charge in [-0.1, -0.05) is 36.4 Å². The van der Waals surface area contributed by atoms with Crippen molar-refractivity contribution in [3.8, 4) is 23.3 Å². The Morgan fingerprint density at radius 1 is 1.29 bits per heavy atom. The van der Waals surface area contributed by atoms with Crippen molar-refractivity contribution in [2.75, 3.05) is 7.11 Å². The first-order chi connectivity index (χ1) is 16.1. The molecule has 1 heterocycles. The lowest BCUT2D eigenvalue weighted by atomic mass is 10.1. The lowest BCUT2D eigenvalue weighted by Crippen LogP contribution is -2.31. The van der Waals surface area contributed by atoms with Gasteiger partial charge in [0.15, 0.2) is 5.69 Å². The van der Waals surface area contributed by atoms with Gasteiger partial charge in [0, 0.05) is 0 Å². The summed E-state index contributed by atoms with van der Waals surface area (Å²) < 4.78 is 66.2. The van der Waals surface area contributed by atoms with Gasteiger partial charge in [0.2, 0.25) is 5.75 Å². The van der Waals surface area contributed by atoms with Crippen molar-refractivity contribution in [2.45, 2.75) is 18.9 Å². The fraction of sp³-hybridized carbons (Fsp3) is 0.174. The minimum atomic E-state index is -4.80. The van der Waals surface area contributed by atoms with E-state index in [1.54, 1.807) is 30.3 Å². The third kappa shape index (κ3) is 4.89. The first kappa shape index (κ1) is 24.8. The Kier molecular flexibility index (Phi) is 7.27. The van der Waals surface area contributed by atoms with Crippen LogP contribution < -0.4 is 15.0 Å². The van der Waals surface area contributed by atoms with Crippen LogP contribution in [-0.2, 0) is 12.5 Å². The molecule has 176 valence electrons. The number of rotatable bonds is 8. The number of ether oxygens (including phenoxy) is 2. The molecule has 2 aromatic carbocycles. The standard InChI is InChI=1S/C23H16ClF4N3O3/c1-3-13-8-15(10-29)18(24)17(9-13)34-19-20(23(27,28)22(25)26)30-12-31(21(19)32)11-14-4-6-16(33-2)7-5-14/h3-9,12,22H,1,11H2,2H3. The summed E-state index contributed by atoms with van der Waals surface area (Å²) in [6.45, 7) is 3.41. The van der Waals surface area contributed by atoms with Crippen molar-refractivity contribution >= 4 is 17.7 Å². The quantitative estimate of drug-likeness (QED) is 0.381. The number of alkyl halides is 4. The van der Waals surface area contributed by atoms with Crippen molar-refractivity contribution in [2.24, 2.45) is 0 Å². The largest absolute Gasteiger partial charge is 0.497 e. The van der Waals surface area contributed by atoms with E-state index >= 15 is 0 Å². The van der Waals surface area contributed by atoms with E-state index < -0.39 is 29.4 Å². The monoisotopic (exact) mass is 493 g/mol. The Balaban J connectivity index is 2.16. The summed E-state index contributed by atoms with van der Waals surface area (Å²) in [5.74, 6) is -5.76. The van der Waals surface area contributed by atoms with E-state index in [4.69, 9.17) is 21.1 Å². The predicted octanol–water partition coefficient (Wildman–Crippen LogP) is 5.62. The van der Waals surface area contributed by atoms with E-state index in [-0.39, 0.29) is 22.9 Å². The second kappa shape index (κ2) is 9.97. The molecule has 6 nitrogen and oxygen atoms in total. The molecule has 11 heteroatoms. The summed E-state index contributed by atoms with van der Waals surface area (Å²) >= 11 is 6.11. The molecule has 0 aliphatic heterocycles. The van der Waals surface area contributed by atoms with Gasteiger partial charge in [0.25, 0.3) is 5.56 Å². The molecule has 0 atom stereocenters. The van der Waals surface area contributed by atoms with E-state index in [1.165, 1.54) is 25.3 Å². The number of hydrogen-bond acceptors (Lipinski definition) is 5. The van der Waals surface area contributed by atoms with Gasteiger partial charge in [0.05, 0.1) is 25.5 Å². The molecule has 0 spiro atoms. The molecule has 0 N–H and O–H groups in total. The van der Waals surface area contributed by atoms with Crippen molar-refractivity contribution in [1.29, 1.82) is 5.26 Å². The van der Waals surface area contributed by atoms with Crippen LogP contribution in [0.1, 0.15) is 22.4 Å². The number of methoxy groups -OCH3 is 1. The molecule has 3 rings (SSSR count). The van der Waals surface area contributed by atoms with Gasteiger partial charge in [-0.2, -0.15) is 14.0 Å². The average Bonchev–Trinajstić information content (AvgIpc) is 2.82. The Labute approximate surface area is 196 Å². The molecule has 0 saturated heterocycles. The normalized spacial score (nSPS) is 11.2. The first-order valence-corrected chi connectivity index (χ1v) is 9.92. The van der Waals surface area contributed by atoms with Gasteiger partial charge in [-0.25, -0.2) is 13.8 Å². The minimum Gasteiger partial charge on any atom is -0.497 e. The molecule has 34 heavy (non-hydrogen) atoms. The van der Waals surface area contributed by atoms with E-state index in [9.17, 15) is 27.6 Å². The lowest BCUT2D eigenvalue weighted by molar-refractivity contribution is -0.139. The third-order valence-corrected chi connectivity index (χ3v) is 5.12. The van der Waals surface area contributed by atoms with E-state index in [2.05, 4.69) is 11.6 Å². The Hall–Kier alpha value is -3.84. The number of benzene rings is 2. The molecule has 0 aliphatic carbocycles. The summed E-state index contributed by atoms with van der Waals surface area (Å²) in [5, 5.41) is 8.95. The van der Waals surface area contributed by atoms with Gasteiger partial charge in [0.1, 0.15) is 22.6 Å². The summed E-state index contributed by atoms with van der Waals surface area (Å²) in [7, 11) is 1.47. The second-order valence-corrected chi connectivity index (χ2v) is 7.30. The summed E-state index contributed by atoms with van der Waals surface area (Å²) in [5.41, 5.74) is -1.92. The van der Waals surface area contributed by atoms with E-state index in [0.29, 0.717) is 16.9 Å². The van der Waals surface area contributed by atoms with Crippen LogP contribution in [0.25, 0.3) is 6.08 Å². The van der Waals surface area contributed by atoms with Gasteiger partial charge in [-0.15, -0.1) is 0 Å². The molecule has 0 unspecified atom stereocenters. The zero-order valence-corrected chi connectivity index (χ0v) is 18.3. The molecular formula is C23H16ClF4N3O3. The summed E-state index contributed by atoms with van der Waals surface area (Å²) in [6.07, 6.45) is -2.11. The number of nitriles is 1. The molecule has 0 amide bonds. The van der Waals surface area contributed by atoms with Crippen LogP contribution in [0.2, 0.25) is 5.02 Å². The van der Waals surface area contributed by atoms with Crippen molar-refractivity contribution < 1.29 is 27.0 Å². The van der Waals surface area contributed by atoms with Gasteiger partial charge < -0.3 is 9.47 Å². The number of nitrogens with zero attached hydrogens (tertiary/aromatic N) is 3. The second-order valence-electron chi connectivity index (χ2n) is 6.93. The highest BCUT2D eigenvalue weighted by atomic mass is 35.5. The number of halogens is 5. The van der Waals surface area contributed by atoms with Crippen LogP contribution in [-0.4, -0.2) is 23.1 Å². The zero-order valence-electron chi connectivity index (χ0n) is 17.6. The molecule has 1 aromatic heterocycles. The fourth-order valence-electron chi connectivity index (χ4n) is 2.95.